The van der Waals surface area contributed by atoms with Gasteiger partial charge < -0.3 is 24.6 Å². The lowest BCUT2D eigenvalue weighted by molar-refractivity contribution is -0.576. The van der Waals surface area contributed by atoms with Crippen LogP contribution in [0.25, 0.3) is 0 Å². The second-order valence-electron chi connectivity index (χ2n) is 10.1. The quantitative estimate of drug-likeness (QED) is 0.313. The van der Waals surface area contributed by atoms with Crippen molar-refractivity contribution in [2.24, 2.45) is 23.7 Å². The summed E-state index contributed by atoms with van der Waals surface area (Å²) in [6.07, 6.45) is 2.30. The maximum atomic E-state index is 12.5. The number of carbonyl (C=O) groups is 3. The average Bonchev–Trinajstić information content (AvgIpc) is 2.99. The Bertz CT molecular complexity index is 775. The molecule has 1 amide bonds. The van der Waals surface area contributed by atoms with E-state index in [2.05, 4.69) is 12.2 Å². The number of hydrogen-bond donors (Lipinski definition) is 2. The summed E-state index contributed by atoms with van der Waals surface area (Å²) in [4.78, 5) is 46.8. The molecular weight excluding hydrogens is 434 g/mol. The van der Waals surface area contributed by atoms with Crippen LogP contribution in [0, 0.1) is 23.7 Å². The Morgan fingerprint density at radius 2 is 1.85 bits per heavy atom. The lowest BCUT2D eigenvalue weighted by atomic mass is 9.58. The van der Waals surface area contributed by atoms with Gasteiger partial charge in [0, 0.05) is 37.6 Å². The van der Waals surface area contributed by atoms with Crippen LogP contribution in [0.2, 0.25) is 0 Å². The van der Waals surface area contributed by atoms with Crippen LogP contribution >= 0.6 is 0 Å². The minimum atomic E-state index is -0.910. The van der Waals surface area contributed by atoms with Crippen molar-refractivity contribution in [3.8, 4) is 0 Å². The van der Waals surface area contributed by atoms with Crippen LogP contribution < -0.4 is 5.32 Å². The van der Waals surface area contributed by atoms with Gasteiger partial charge in [-0.1, -0.05) is 13.8 Å². The Balaban J connectivity index is 1.35. The fourth-order valence-corrected chi connectivity index (χ4v) is 5.97. The summed E-state index contributed by atoms with van der Waals surface area (Å²) in [5.41, 5.74) is -0.716. The minimum absolute atomic E-state index is 0.0153. The molecule has 5 rings (SSSR count). The van der Waals surface area contributed by atoms with Gasteiger partial charge in [0.25, 0.3) is 0 Å². The van der Waals surface area contributed by atoms with E-state index < -0.39 is 35.9 Å². The smallest absolute Gasteiger partial charge is 0.308 e. The number of fused-ring (bicyclic) bond motifs is 2. The van der Waals surface area contributed by atoms with E-state index in [4.69, 9.17) is 29.1 Å². The van der Waals surface area contributed by atoms with Gasteiger partial charge in [0.15, 0.2) is 11.9 Å². The molecule has 1 saturated carbocycles. The summed E-state index contributed by atoms with van der Waals surface area (Å²) in [5, 5.41) is 11.2. The maximum Gasteiger partial charge on any atom is 0.308 e. The van der Waals surface area contributed by atoms with Crippen molar-refractivity contribution in [2.45, 2.75) is 96.1 Å². The molecule has 10 heteroatoms. The molecular formula is C23H35NO9. The van der Waals surface area contributed by atoms with Crippen LogP contribution in [0.4, 0.5) is 0 Å². The van der Waals surface area contributed by atoms with Gasteiger partial charge in [-0.3, -0.25) is 14.4 Å². The molecule has 4 aliphatic heterocycles. The third kappa shape index (κ3) is 4.76. The van der Waals surface area contributed by atoms with Crippen LogP contribution in [-0.2, 0) is 38.4 Å². The number of carbonyl (C=O) groups excluding carboxylic acids is 2. The first kappa shape index (κ1) is 24.4. The average molecular weight is 470 g/mol. The van der Waals surface area contributed by atoms with Gasteiger partial charge in [0.1, 0.15) is 0 Å². The Hall–Kier alpha value is -1.75. The number of ether oxygens (including phenoxy) is 3. The van der Waals surface area contributed by atoms with E-state index in [0.29, 0.717) is 18.8 Å². The molecule has 10 nitrogen and oxygen atoms in total. The molecule has 0 radical (unpaired) electrons. The highest BCUT2D eigenvalue weighted by molar-refractivity contribution is 5.81. The van der Waals surface area contributed by atoms with Gasteiger partial charge >= 0.3 is 11.9 Å². The van der Waals surface area contributed by atoms with Crippen molar-refractivity contribution in [1.82, 2.24) is 5.32 Å². The van der Waals surface area contributed by atoms with Crippen molar-refractivity contribution in [3.05, 3.63) is 0 Å². The molecule has 0 unspecified atom stereocenters. The number of carboxylic acids is 1. The van der Waals surface area contributed by atoms with Crippen LogP contribution in [0.1, 0.15) is 72.1 Å². The molecule has 186 valence electrons. The highest BCUT2D eigenvalue weighted by atomic mass is 17.3. The van der Waals surface area contributed by atoms with E-state index in [-0.39, 0.29) is 49.5 Å². The van der Waals surface area contributed by atoms with Crippen LogP contribution in [0.15, 0.2) is 0 Å². The topological polar surface area (TPSA) is 130 Å². The van der Waals surface area contributed by atoms with Gasteiger partial charge in [-0.05, 0) is 44.4 Å². The molecule has 0 aromatic carbocycles. The predicted octanol–water partition coefficient (Wildman–Crippen LogP) is 2.50. The molecule has 33 heavy (non-hydrogen) atoms. The molecule has 4 saturated heterocycles. The summed E-state index contributed by atoms with van der Waals surface area (Å²) in [5.74, 6) is -2.05. The minimum Gasteiger partial charge on any atom is -0.481 e. The molecule has 5 aliphatic rings. The molecule has 0 aromatic heterocycles. The van der Waals surface area contributed by atoms with Gasteiger partial charge in [0.05, 0.1) is 6.42 Å². The standard InChI is InChI=1S/C23H35NO9/c1-13-6-7-16-14(2)20(29-19(28)9-8-17(25)24-12-4-5-18(26)27)30-21-23(16)15(13)10-11-22(3,31-21)32-33-23/h13-16,20-21H,4-12H2,1-3H3,(H,24,25)(H,26,27)/t13-,14+,15+,16+,20-,21+,22+,23-/m1/s1. The summed E-state index contributed by atoms with van der Waals surface area (Å²) >= 11 is 0. The third-order valence-corrected chi connectivity index (χ3v) is 7.79. The van der Waals surface area contributed by atoms with Gasteiger partial charge in [-0.25, -0.2) is 9.78 Å². The molecule has 0 aromatic rings. The van der Waals surface area contributed by atoms with Crippen molar-refractivity contribution >= 4 is 17.8 Å². The first-order valence-electron chi connectivity index (χ1n) is 12.0. The second-order valence-corrected chi connectivity index (χ2v) is 10.1. The number of nitrogens with one attached hydrogen (secondary N) is 1. The highest BCUT2D eigenvalue weighted by Gasteiger charge is 2.69. The van der Waals surface area contributed by atoms with Crippen molar-refractivity contribution in [1.29, 1.82) is 0 Å². The van der Waals surface area contributed by atoms with Crippen molar-refractivity contribution in [3.63, 3.8) is 0 Å². The molecule has 1 spiro atoms. The fraction of sp³-hybridized carbons (Fsp3) is 0.870. The maximum absolute atomic E-state index is 12.5. The van der Waals surface area contributed by atoms with Crippen LogP contribution in [-0.4, -0.2) is 53.5 Å². The summed E-state index contributed by atoms with van der Waals surface area (Å²) in [6.45, 7) is 6.33. The van der Waals surface area contributed by atoms with Crippen LogP contribution in [0.5, 0.6) is 0 Å². The van der Waals surface area contributed by atoms with Gasteiger partial charge in [0.2, 0.25) is 18.0 Å². The normalized spacial score (nSPS) is 41.5. The molecule has 1 aliphatic carbocycles. The third-order valence-electron chi connectivity index (χ3n) is 7.79. The largest absolute Gasteiger partial charge is 0.481 e. The van der Waals surface area contributed by atoms with E-state index in [1.807, 2.05) is 13.8 Å². The van der Waals surface area contributed by atoms with Gasteiger partial charge in [-0.2, -0.15) is 0 Å². The van der Waals surface area contributed by atoms with E-state index >= 15 is 0 Å². The molecule has 2 N–H and O–H groups in total. The Labute approximate surface area is 193 Å². The zero-order valence-corrected chi connectivity index (χ0v) is 19.5. The molecule has 8 atom stereocenters. The lowest BCUT2D eigenvalue weighted by Crippen LogP contribution is -2.70. The Morgan fingerprint density at radius 1 is 1.06 bits per heavy atom. The molecule has 4 heterocycles. The monoisotopic (exact) mass is 469 g/mol. The van der Waals surface area contributed by atoms with Gasteiger partial charge in [-0.15, -0.1) is 0 Å². The zero-order valence-electron chi connectivity index (χ0n) is 19.5. The molecule has 2 bridgehead atoms. The SMILES string of the molecule is C[C@@H]1[C@H](OC(=O)CCC(=O)NCCCC(=O)O)O[C@H]2O[C@]3(C)CC[C@H]4[C@H](C)CC[C@@H]1[C@@]24OO3. The first-order chi connectivity index (χ1) is 15.6. The molecule has 5 fully saturated rings. The van der Waals surface area contributed by atoms with E-state index in [9.17, 15) is 14.4 Å². The van der Waals surface area contributed by atoms with Crippen molar-refractivity contribution in [2.75, 3.05) is 6.54 Å². The summed E-state index contributed by atoms with van der Waals surface area (Å²) in [7, 11) is 0. The number of carboxylic acid groups (broad SMARTS) is 1. The van der Waals surface area contributed by atoms with E-state index in [1.165, 1.54) is 0 Å². The second kappa shape index (κ2) is 9.48. The number of amides is 1. The zero-order chi connectivity index (χ0) is 23.8. The highest BCUT2D eigenvalue weighted by Crippen LogP contribution is 2.60. The first-order valence-corrected chi connectivity index (χ1v) is 12.0. The van der Waals surface area contributed by atoms with Crippen LogP contribution in [0.3, 0.4) is 0 Å². The Kier molecular flexibility index (Phi) is 7.00. The van der Waals surface area contributed by atoms with E-state index in [0.717, 1.165) is 19.3 Å². The Morgan fingerprint density at radius 3 is 2.61 bits per heavy atom. The van der Waals surface area contributed by atoms with Crippen molar-refractivity contribution < 1.29 is 43.5 Å². The predicted molar refractivity (Wildman–Crippen MR) is 112 cm³/mol. The number of esters is 1. The van der Waals surface area contributed by atoms with E-state index in [1.54, 1.807) is 0 Å². The number of rotatable bonds is 8. The summed E-state index contributed by atoms with van der Waals surface area (Å²) < 4.78 is 18.1. The summed E-state index contributed by atoms with van der Waals surface area (Å²) in [6, 6.07) is 0. The fourth-order valence-electron chi connectivity index (χ4n) is 5.97. The number of hydrogen-bond acceptors (Lipinski definition) is 8. The lowest BCUT2D eigenvalue weighted by Gasteiger charge is -2.59. The number of aliphatic carboxylic acids is 1.